The second kappa shape index (κ2) is 7.36. The van der Waals surface area contributed by atoms with Crippen LogP contribution in [-0.4, -0.2) is 36.0 Å². The molecule has 0 aliphatic rings. The zero-order chi connectivity index (χ0) is 14.3. The average molecular weight is 257 g/mol. The van der Waals surface area contributed by atoms with E-state index in [1.165, 1.54) is 0 Å². The van der Waals surface area contributed by atoms with Crippen molar-refractivity contribution in [3.05, 3.63) is 0 Å². The standard InChI is InChI=1S/C13H27N3O2/c1-7-8-14-11(17)9(2)15-10(3)12(18)16-13(4,5)6/h9-10,15H,7-8H2,1-6H3,(H,14,17)(H,16,18). The van der Waals surface area contributed by atoms with Crippen LogP contribution >= 0.6 is 0 Å². The summed E-state index contributed by atoms with van der Waals surface area (Å²) in [7, 11) is 0. The zero-order valence-electron chi connectivity index (χ0n) is 12.4. The Morgan fingerprint density at radius 1 is 1.06 bits per heavy atom. The minimum atomic E-state index is -0.397. The van der Waals surface area contributed by atoms with Gasteiger partial charge in [-0.25, -0.2) is 0 Å². The molecule has 0 aliphatic carbocycles. The topological polar surface area (TPSA) is 70.2 Å². The first-order valence-electron chi connectivity index (χ1n) is 6.53. The van der Waals surface area contributed by atoms with E-state index in [4.69, 9.17) is 0 Å². The fraction of sp³-hybridized carbons (Fsp3) is 0.846. The summed E-state index contributed by atoms with van der Waals surface area (Å²) in [5.41, 5.74) is -0.263. The molecule has 2 atom stereocenters. The smallest absolute Gasteiger partial charge is 0.237 e. The van der Waals surface area contributed by atoms with Gasteiger partial charge in [0.15, 0.2) is 0 Å². The van der Waals surface area contributed by atoms with Crippen LogP contribution in [0.1, 0.15) is 48.0 Å². The first kappa shape index (κ1) is 16.9. The van der Waals surface area contributed by atoms with Crippen LogP contribution in [0, 0.1) is 0 Å². The molecule has 18 heavy (non-hydrogen) atoms. The number of nitrogens with one attached hydrogen (secondary N) is 3. The molecule has 106 valence electrons. The lowest BCUT2D eigenvalue weighted by atomic mass is 10.1. The van der Waals surface area contributed by atoms with Gasteiger partial charge >= 0.3 is 0 Å². The maximum Gasteiger partial charge on any atom is 0.237 e. The molecule has 0 saturated heterocycles. The molecule has 2 amide bonds. The highest BCUT2D eigenvalue weighted by Crippen LogP contribution is 1.99. The van der Waals surface area contributed by atoms with Crippen molar-refractivity contribution < 1.29 is 9.59 Å². The monoisotopic (exact) mass is 257 g/mol. The van der Waals surface area contributed by atoms with Gasteiger partial charge in [-0.15, -0.1) is 0 Å². The summed E-state index contributed by atoms with van der Waals surface area (Å²) in [6, 6.07) is -0.774. The van der Waals surface area contributed by atoms with E-state index in [0.717, 1.165) is 6.42 Å². The first-order valence-corrected chi connectivity index (χ1v) is 6.53. The third kappa shape index (κ3) is 7.27. The Labute approximate surface area is 110 Å². The van der Waals surface area contributed by atoms with Crippen LogP contribution in [0.4, 0.5) is 0 Å². The van der Waals surface area contributed by atoms with Crippen molar-refractivity contribution in [1.82, 2.24) is 16.0 Å². The molecule has 5 nitrogen and oxygen atoms in total. The Kier molecular flexibility index (Phi) is 6.91. The maximum absolute atomic E-state index is 11.8. The number of carbonyl (C=O) groups excluding carboxylic acids is 2. The van der Waals surface area contributed by atoms with E-state index in [9.17, 15) is 9.59 Å². The molecule has 0 heterocycles. The summed E-state index contributed by atoms with van der Waals surface area (Å²) in [6.07, 6.45) is 0.901. The predicted molar refractivity (Wildman–Crippen MR) is 73.3 cm³/mol. The Balaban J connectivity index is 4.18. The molecular formula is C13H27N3O2. The predicted octanol–water partition coefficient (Wildman–Crippen LogP) is 0.794. The molecule has 5 heteroatoms. The fourth-order valence-electron chi connectivity index (χ4n) is 1.41. The Morgan fingerprint density at radius 3 is 2.00 bits per heavy atom. The highest BCUT2D eigenvalue weighted by Gasteiger charge is 2.22. The Bertz CT molecular complexity index is 284. The second-order valence-electron chi connectivity index (χ2n) is 5.64. The van der Waals surface area contributed by atoms with Crippen molar-refractivity contribution in [3.8, 4) is 0 Å². The van der Waals surface area contributed by atoms with Crippen LogP contribution in [-0.2, 0) is 9.59 Å². The first-order chi connectivity index (χ1) is 8.17. The summed E-state index contributed by atoms with van der Waals surface area (Å²) in [5, 5.41) is 8.65. The summed E-state index contributed by atoms with van der Waals surface area (Å²) in [5.74, 6) is -0.176. The van der Waals surface area contributed by atoms with Crippen molar-refractivity contribution in [2.45, 2.75) is 65.6 Å². The van der Waals surface area contributed by atoms with Gasteiger partial charge in [0.25, 0.3) is 0 Å². The second-order valence-corrected chi connectivity index (χ2v) is 5.64. The molecule has 0 aromatic heterocycles. The van der Waals surface area contributed by atoms with Crippen LogP contribution in [0.2, 0.25) is 0 Å². The molecule has 0 spiro atoms. The molecule has 0 aromatic carbocycles. The normalized spacial score (nSPS) is 14.8. The molecule has 0 radical (unpaired) electrons. The van der Waals surface area contributed by atoms with Gasteiger partial charge in [0, 0.05) is 12.1 Å². The third-order valence-electron chi connectivity index (χ3n) is 2.33. The highest BCUT2D eigenvalue weighted by molar-refractivity contribution is 5.85. The van der Waals surface area contributed by atoms with Gasteiger partial charge in [0.2, 0.25) is 11.8 Å². The van der Waals surface area contributed by atoms with Gasteiger partial charge < -0.3 is 10.6 Å². The van der Waals surface area contributed by atoms with E-state index >= 15 is 0 Å². The summed E-state index contributed by atoms with van der Waals surface area (Å²) in [6.45, 7) is 11.9. The molecule has 0 fully saturated rings. The lowest BCUT2D eigenvalue weighted by Crippen LogP contribution is -2.54. The quantitative estimate of drug-likeness (QED) is 0.659. The molecular weight excluding hydrogens is 230 g/mol. The van der Waals surface area contributed by atoms with Crippen molar-refractivity contribution in [2.24, 2.45) is 0 Å². The van der Waals surface area contributed by atoms with Gasteiger partial charge in [0.05, 0.1) is 12.1 Å². The van der Waals surface area contributed by atoms with E-state index in [1.807, 2.05) is 27.7 Å². The SMILES string of the molecule is CCCNC(=O)C(C)NC(C)C(=O)NC(C)(C)C. The van der Waals surface area contributed by atoms with Crippen LogP contribution in [0.3, 0.4) is 0 Å². The molecule has 0 aliphatic heterocycles. The number of hydrogen-bond acceptors (Lipinski definition) is 3. The zero-order valence-corrected chi connectivity index (χ0v) is 12.4. The van der Waals surface area contributed by atoms with E-state index in [1.54, 1.807) is 13.8 Å². The largest absolute Gasteiger partial charge is 0.355 e. The van der Waals surface area contributed by atoms with Gasteiger partial charge in [0.1, 0.15) is 0 Å². The van der Waals surface area contributed by atoms with Crippen LogP contribution in [0.25, 0.3) is 0 Å². The van der Waals surface area contributed by atoms with Crippen LogP contribution < -0.4 is 16.0 Å². The third-order valence-corrected chi connectivity index (χ3v) is 2.33. The van der Waals surface area contributed by atoms with E-state index in [-0.39, 0.29) is 23.4 Å². The molecule has 0 rings (SSSR count). The van der Waals surface area contributed by atoms with Gasteiger partial charge in [-0.2, -0.15) is 0 Å². The Morgan fingerprint density at radius 2 is 1.56 bits per heavy atom. The molecule has 0 saturated carbocycles. The molecule has 0 aromatic rings. The van der Waals surface area contributed by atoms with Crippen molar-refractivity contribution in [2.75, 3.05) is 6.54 Å². The number of carbonyl (C=O) groups is 2. The van der Waals surface area contributed by atoms with Crippen LogP contribution in [0.15, 0.2) is 0 Å². The number of rotatable bonds is 6. The van der Waals surface area contributed by atoms with E-state index in [0.29, 0.717) is 6.54 Å². The minimum Gasteiger partial charge on any atom is -0.355 e. The fourth-order valence-corrected chi connectivity index (χ4v) is 1.41. The van der Waals surface area contributed by atoms with E-state index < -0.39 is 6.04 Å². The molecule has 2 unspecified atom stereocenters. The van der Waals surface area contributed by atoms with Crippen molar-refractivity contribution >= 4 is 11.8 Å². The molecule has 0 bridgehead atoms. The summed E-state index contributed by atoms with van der Waals surface area (Å²) >= 11 is 0. The number of hydrogen-bond donors (Lipinski definition) is 3. The summed E-state index contributed by atoms with van der Waals surface area (Å²) < 4.78 is 0. The number of amides is 2. The minimum absolute atomic E-state index is 0.0766. The lowest BCUT2D eigenvalue weighted by molar-refractivity contribution is -0.125. The Hall–Kier alpha value is -1.10. The van der Waals surface area contributed by atoms with Crippen molar-refractivity contribution in [1.29, 1.82) is 0 Å². The lowest BCUT2D eigenvalue weighted by Gasteiger charge is -2.25. The van der Waals surface area contributed by atoms with Crippen LogP contribution in [0.5, 0.6) is 0 Å². The maximum atomic E-state index is 11.8. The molecule has 3 N–H and O–H groups in total. The average Bonchev–Trinajstić information content (AvgIpc) is 2.23. The van der Waals surface area contributed by atoms with Gasteiger partial charge in [-0.1, -0.05) is 6.92 Å². The summed E-state index contributed by atoms with van der Waals surface area (Å²) in [4.78, 5) is 23.5. The van der Waals surface area contributed by atoms with Crippen molar-refractivity contribution in [3.63, 3.8) is 0 Å². The van der Waals surface area contributed by atoms with Gasteiger partial charge in [-0.05, 0) is 41.0 Å². The highest BCUT2D eigenvalue weighted by atomic mass is 16.2. The van der Waals surface area contributed by atoms with E-state index in [2.05, 4.69) is 16.0 Å². The van der Waals surface area contributed by atoms with Gasteiger partial charge in [-0.3, -0.25) is 14.9 Å².